The van der Waals surface area contributed by atoms with Crippen LogP contribution in [-0.2, 0) is 0 Å². The number of hydrogen-bond donors (Lipinski definition) is 1. The Morgan fingerprint density at radius 2 is 2.17 bits per heavy atom. The van der Waals surface area contributed by atoms with E-state index in [0.29, 0.717) is 5.92 Å². The van der Waals surface area contributed by atoms with Crippen molar-refractivity contribution in [2.45, 2.75) is 19.9 Å². The highest BCUT2D eigenvalue weighted by atomic mass is 19.1. The lowest BCUT2D eigenvalue weighted by molar-refractivity contribution is 0.360. The van der Waals surface area contributed by atoms with Crippen LogP contribution in [-0.4, -0.2) is 16.3 Å². The zero-order valence-electron chi connectivity index (χ0n) is 10.5. The summed E-state index contributed by atoms with van der Waals surface area (Å²) >= 11 is 0. The number of halogens is 1. The van der Waals surface area contributed by atoms with Crippen molar-refractivity contribution in [2.75, 3.05) is 11.9 Å². The first-order chi connectivity index (χ1) is 8.66. The lowest BCUT2D eigenvalue weighted by atomic mass is 9.93. The molecule has 2 unspecified atom stereocenters. The maximum Gasteiger partial charge on any atom is 0.128 e. The van der Waals surface area contributed by atoms with Gasteiger partial charge in [-0.15, -0.1) is 0 Å². The molecule has 0 aliphatic carbocycles. The van der Waals surface area contributed by atoms with Gasteiger partial charge in [0.1, 0.15) is 11.6 Å². The molecule has 4 heteroatoms. The van der Waals surface area contributed by atoms with E-state index >= 15 is 0 Å². The maximum atomic E-state index is 14.0. The highest BCUT2D eigenvalue weighted by Crippen LogP contribution is 2.34. The number of fused-ring (bicyclic) bond motifs is 1. The Kier molecular flexibility index (Phi) is 2.58. The van der Waals surface area contributed by atoms with Gasteiger partial charge in [-0.1, -0.05) is 25.1 Å². The van der Waals surface area contributed by atoms with Gasteiger partial charge < -0.3 is 5.32 Å². The SMILES string of the molecule is Cc1cc2n(n1)C(c1ccccc1F)C(C)CN2. The van der Waals surface area contributed by atoms with Gasteiger partial charge in [-0.2, -0.15) is 5.10 Å². The molecule has 2 atom stereocenters. The fourth-order valence-corrected chi connectivity index (χ4v) is 2.63. The lowest BCUT2D eigenvalue weighted by Gasteiger charge is -2.32. The van der Waals surface area contributed by atoms with Crippen LogP contribution in [0.2, 0.25) is 0 Å². The van der Waals surface area contributed by atoms with Crippen LogP contribution in [0.3, 0.4) is 0 Å². The van der Waals surface area contributed by atoms with Crippen molar-refractivity contribution >= 4 is 5.82 Å². The number of nitrogens with zero attached hydrogens (tertiary/aromatic N) is 2. The van der Waals surface area contributed by atoms with Crippen LogP contribution < -0.4 is 5.32 Å². The summed E-state index contributed by atoms with van der Waals surface area (Å²) < 4.78 is 15.9. The number of aromatic nitrogens is 2. The second-order valence-electron chi connectivity index (χ2n) is 4.94. The fourth-order valence-electron chi connectivity index (χ4n) is 2.63. The zero-order valence-corrected chi connectivity index (χ0v) is 10.5. The highest BCUT2D eigenvalue weighted by molar-refractivity contribution is 5.42. The normalized spacial score (nSPS) is 22.4. The molecule has 18 heavy (non-hydrogen) atoms. The van der Waals surface area contributed by atoms with Crippen LogP contribution in [0.4, 0.5) is 10.2 Å². The molecule has 0 saturated carbocycles. The minimum absolute atomic E-state index is 0.0313. The van der Waals surface area contributed by atoms with Crippen LogP contribution in [0, 0.1) is 18.7 Å². The van der Waals surface area contributed by atoms with E-state index < -0.39 is 0 Å². The van der Waals surface area contributed by atoms with E-state index in [1.165, 1.54) is 6.07 Å². The first-order valence-electron chi connectivity index (χ1n) is 6.21. The van der Waals surface area contributed by atoms with Crippen LogP contribution >= 0.6 is 0 Å². The van der Waals surface area contributed by atoms with Crippen molar-refractivity contribution < 1.29 is 4.39 Å². The largest absolute Gasteiger partial charge is 0.370 e. The van der Waals surface area contributed by atoms with Gasteiger partial charge in [0, 0.05) is 24.1 Å². The second-order valence-corrected chi connectivity index (χ2v) is 4.94. The summed E-state index contributed by atoms with van der Waals surface area (Å²) in [4.78, 5) is 0. The number of nitrogens with one attached hydrogen (secondary N) is 1. The van der Waals surface area contributed by atoms with Crippen LogP contribution in [0.25, 0.3) is 0 Å². The van der Waals surface area contributed by atoms with Crippen molar-refractivity contribution in [3.05, 3.63) is 47.4 Å². The van der Waals surface area contributed by atoms with Crippen molar-refractivity contribution in [1.82, 2.24) is 9.78 Å². The Balaban J connectivity index is 2.13. The topological polar surface area (TPSA) is 29.9 Å². The molecule has 1 aliphatic rings. The smallest absolute Gasteiger partial charge is 0.128 e. The van der Waals surface area contributed by atoms with E-state index in [0.717, 1.165) is 23.6 Å². The molecular formula is C14H16FN3. The second kappa shape index (κ2) is 4.12. The molecule has 3 rings (SSSR count). The minimum atomic E-state index is -0.157. The number of anilines is 1. The summed E-state index contributed by atoms with van der Waals surface area (Å²) in [5.41, 5.74) is 1.67. The van der Waals surface area contributed by atoms with Crippen molar-refractivity contribution in [3.63, 3.8) is 0 Å². The quantitative estimate of drug-likeness (QED) is 0.837. The van der Waals surface area contributed by atoms with Crippen molar-refractivity contribution in [3.8, 4) is 0 Å². The number of rotatable bonds is 1. The van der Waals surface area contributed by atoms with E-state index in [1.807, 2.05) is 29.8 Å². The van der Waals surface area contributed by atoms with E-state index in [9.17, 15) is 4.39 Å². The lowest BCUT2D eigenvalue weighted by Crippen LogP contribution is -2.32. The van der Waals surface area contributed by atoms with Gasteiger partial charge in [0.05, 0.1) is 11.7 Å². The summed E-state index contributed by atoms with van der Waals surface area (Å²) in [6.45, 7) is 4.91. The van der Waals surface area contributed by atoms with Crippen molar-refractivity contribution in [1.29, 1.82) is 0 Å². The fraction of sp³-hybridized carbons (Fsp3) is 0.357. The molecular weight excluding hydrogens is 229 g/mol. The summed E-state index contributed by atoms with van der Waals surface area (Å²) in [6.07, 6.45) is 0. The average molecular weight is 245 g/mol. The molecule has 0 bridgehead atoms. The molecule has 0 saturated heterocycles. The third-order valence-corrected chi connectivity index (χ3v) is 3.49. The van der Waals surface area contributed by atoms with E-state index in [2.05, 4.69) is 17.3 Å². The average Bonchev–Trinajstić information content (AvgIpc) is 2.71. The third-order valence-electron chi connectivity index (χ3n) is 3.49. The number of hydrogen-bond acceptors (Lipinski definition) is 2. The monoisotopic (exact) mass is 245 g/mol. The van der Waals surface area contributed by atoms with Gasteiger partial charge in [-0.25, -0.2) is 9.07 Å². The Morgan fingerprint density at radius 1 is 1.39 bits per heavy atom. The molecule has 2 aromatic rings. The highest BCUT2D eigenvalue weighted by Gasteiger charge is 2.30. The van der Waals surface area contributed by atoms with Crippen LogP contribution in [0.1, 0.15) is 24.2 Å². The Labute approximate surface area is 106 Å². The predicted octanol–water partition coefficient (Wildman–Crippen LogP) is 2.98. The summed E-state index contributed by atoms with van der Waals surface area (Å²) in [6, 6.07) is 8.93. The van der Waals surface area contributed by atoms with Gasteiger partial charge in [-0.3, -0.25) is 0 Å². The van der Waals surface area contributed by atoms with Gasteiger partial charge >= 0.3 is 0 Å². The molecule has 0 amide bonds. The Bertz CT molecular complexity index is 576. The van der Waals surface area contributed by atoms with E-state index in [-0.39, 0.29) is 11.9 Å². The van der Waals surface area contributed by atoms with Crippen LogP contribution in [0.5, 0.6) is 0 Å². The van der Waals surface area contributed by atoms with Gasteiger partial charge in [0.2, 0.25) is 0 Å². The predicted molar refractivity (Wildman–Crippen MR) is 69.2 cm³/mol. The molecule has 1 aliphatic heterocycles. The van der Waals surface area contributed by atoms with Crippen LogP contribution in [0.15, 0.2) is 30.3 Å². The number of benzene rings is 1. The first kappa shape index (κ1) is 11.3. The molecule has 2 heterocycles. The maximum absolute atomic E-state index is 14.0. The Morgan fingerprint density at radius 3 is 2.94 bits per heavy atom. The zero-order chi connectivity index (χ0) is 12.7. The molecule has 94 valence electrons. The number of aryl methyl sites for hydroxylation is 1. The first-order valence-corrected chi connectivity index (χ1v) is 6.21. The third kappa shape index (κ3) is 1.68. The molecule has 0 fully saturated rings. The Hall–Kier alpha value is -1.84. The van der Waals surface area contributed by atoms with Gasteiger partial charge in [-0.05, 0) is 13.0 Å². The molecule has 1 aromatic heterocycles. The standard InChI is InChI=1S/C14H16FN3/c1-9-8-16-13-7-10(2)17-18(13)14(9)11-5-3-4-6-12(11)15/h3-7,9,14,16H,8H2,1-2H3. The molecule has 0 spiro atoms. The molecule has 3 nitrogen and oxygen atoms in total. The van der Waals surface area contributed by atoms with E-state index in [1.54, 1.807) is 6.07 Å². The van der Waals surface area contributed by atoms with Gasteiger partial charge in [0.25, 0.3) is 0 Å². The summed E-state index contributed by atoms with van der Waals surface area (Å²) in [5, 5.41) is 7.82. The van der Waals surface area contributed by atoms with Gasteiger partial charge in [0.15, 0.2) is 0 Å². The molecule has 1 N–H and O–H groups in total. The molecule has 0 radical (unpaired) electrons. The van der Waals surface area contributed by atoms with Crippen molar-refractivity contribution in [2.24, 2.45) is 5.92 Å². The van der Waals surface area contributed by atoms with E-state index in [4.69, 9.17) is 0 Å². The summed E-state index contributed by atoms with van der Waals surface area (Å²) in [7, 11) is 0. The summed E-state index contributed by atoms with van der Waals surface area (Å²) in [5.74, 6) is 1.11. The minimum Gasteiger partial charge on any atom is -0.370 e. The molecule has 1 aromatic carbocycles.